The third kappa shape index (κ3) is 3.63. The lowest BCUT2D eigenvalue weighted by molar-refractivity contribution is -0.133. The summed E-state index contributed by atoms with van der Waals surface area (Å²) in [5, 5.41) is 12.4. The molecule has 0 aliphatic heterocycles. The van der Waals surface area contributed by atoms with Crippen LogP contribution < -0.4 is 5.32 Å². The first-order chi connectivity index (χ1) is 7.82. The number of hydrogen-bond donors (Lipinski definition) is 2. The van der Waals surface area contributed by atoms with Crippen LogP contribution in [0.2, 0.25) is 0 Å². The number of carbonyl (C=O) groups is 1. The lowest BCUT2D eigenvalue weighted by Crippen LogP contribution is -2.21. The molecule has 3 heteroatoms. The molecule has 1 rings (SSSR count). The van der Waals surface area contributed by atoms with Gasteiger partial charge in [-0.05, 0) is 24.5 Å². The molecule has 0 radical (unpaired) electrons. The molecule has 0 saturated carbocycles. The molecule has 0 amide bonds. The van der Waals surface area contributed by atoms with Crippen LogP contribution in [0.5, 0.6) is 0 Å². The average Bonchev–Trinajstić information content (AvgIpc) is 2.15. The number of carboxylic acids is 1. The Morgan fingerprint density at radius 2 is 1.71 bits per heavy atom. The van der Waals surface area contributed by atoms with Crippen LogP contribution in [0.3, 0.4) is 0 Å². The van der Waals surface area contributed by atoms with E-state index in [1.54, 1.807) is 6.92 Å². The van der Waals surface area contributed by atoms with Gasteiger partial charge in [-0.25, -0.2) is 4.79 Å². The molecule has 0 atom stereocenters. The number of hydrogen-bond acceptors (Lipinski definition) is 2. The van der Waals surface area contributed by atoms with E-state index in [0.29, 0.717) is 11.3 Å². The van der Waals surface area contributed by atoms with Crippen molar-refractivity contribution in [2.24, 2.45) is 5.41 Å². The van der Waals surface area contributed by atoms with Crippen molar-refractivity contribution in [2.45, 2.75) is 27.7 Å². The summed E-state index contributed by atoms with van der Waals surface area (Å²) >= 11 is 0. The highest BCUT2D eigenvalue weighted by Gasteiger charge is 2.26. The minimum Gasteiger partial charge on any atom is -0.478 e. The zero-order chi connectivity index (χ0) is 13.1. The quantitative estimate of drug-likeness (QED) is 0.785. The number of rotatable bonds is 3. The van der Waals surface area contributed by atoms with Crippen molar-refractivity contribution >= 4 is 11.7 Å². The van der Waals surface area contributed by atoms with Crippen molar-refractivity contribution < 1.29 is 9.90 Å². The van der Waals surface area contributed by atoms with Gasteiger partial charge in [-0.1, -0.05) is 39.0 Å². The van der Waals surface area contributed by atoms with Crippen molar-refractivity contribution in [1.29, 1.82) is 0 Å². The van der Waals surface area contributed by atoms with Gasteiger partial charge in [-0.3, -0.25) is 0 Å². The summed E-state index contributed by atoms with van der Waals surface area (Å²) in [6.07, 6.45) is 0. The molecule has 2 N–H and O–H groups in total. The zero-order valence-corrected chi connectivity index (χ0v) is 10.7. The molecule has 1 aromatic carbocycles. The summed E-state index contributed by atoms with van der Waals surface area (Å²) in [5.41, 5.74) is 1.59. The number of benzene rings is 1. The fraction of sp³-hybridized carbons (Fsp3) is 0.357. The smallest absolute Gasteiger partial charge is 0.333 e. The second-order valence-corrected chi connectivity index (χ2v) is 5.05. The first-order valence-electron chi connectivity index (χ1n) is 5.59. The minimum absolute atomic E-state index is 0.391. The Bertz CT molecular complexity index is 427. The number of anilines is 1. The van der Waals surface area contributed by atoms with E-state index in [9.17, 15) is 9.90 Å². The normalized spacial score (nSPS) is 12.9. The summed E-state index contributed by atoms with van der Waals surface area (Å²) < 4.78 is 0. The number of aliphatic carboxylic acids is 1. The highest BCUT2D eigenvalue weighted by atomic mass is 16.4. The van der Waals surface area contributed by atoms with Gasteiger partial charge in [0.25, 0.3) is 0 Å². The molecule has 0 aliphatic rings. The van der Waals surface area contributed by atoms with Crippen LogP contribution in [0.4, 0.5) is 5.69 Å². The van der Waals surface area contributed by atoms with Gasteiger partial charge in [0.1, 0.15) is 0 Å². The first-order valence-corrected chi connectivity index (χ1v) is 5.59. The summed E-state index contributed by atoms with van der Waals surface area (Å²) in [4.78, 5) is 11.3. The lowest BCUT2D eigenvalue weighted by atomic mass is 9.85. The van der Waals surface area contributed by atoms with E-state index in [1.807, 2.05) is 51.1 Å². The van der Waals surface area contributed by atoms with E-state index in [2.05, 4.69) is 5.32 Å². The minimum atomic E-state index is -0.876. The van der Waals surface area contributed by atoms with Gasteiger partial charge in [-0.15, -0.1) is 0 Å². The van der Waals surface area contributed by atoms with Crippen LogP contribution in [0, 0.1) is 5.41 Å². The van der Waals surface area contributed by atoms with Crippen molar-refractivity contribution in [3.8, 4) is 0 Å². The Balaban J connectivity index is 3.06. The topological polar surface area (TPSA) is 49.3 Å². The van der Waals surface area contributed by atoms with E-state index in [4.69, 9.17) is 0 Å². The molecule has 0 aliphatic carbocycles. The molecule has 3 nitrogen and oxygen atoms in total. The molecule has 0 aromatic heterocycles. The third-order valence-corrected chi connectivity index (χ3v) is 2.44. The van der Waals surface area contributed by atoms with Gasteiger partial charge in [-0.2, -0.15) is 0 Å². The Kier molecular flexibility index (Phi) is 3.94. The fourth-order valence-corrected chi connectivity index (χ4v) is 1.84. The fourth-order valence-electron chi connectivity index (χ4n) is 1.84. The maximum Gasteiger partial charge on any atom is 0.333 e. The van der Waals surface area contributed by atoms with Gasteiger partial charge < -0.3 is 10.4 Å². The van der Waals surface area contributed by atoms with Gasteiger partial charge in [0.2, 0.25) is 0 Å². The Morgan fingerprint density at radius 3 is 2.12 bits per heavy atom. The molecule has 0 fully saturated rings. The maximum atomic E-state index is 11.3. The molecular formula is C14H19NO2. The molecule has 1 aromatic rings. The van der Waals surface area contributed by atoms with Crippen molar-refractivity contribution in [3.05, 3.63) is 41.6 Å². The average molecular weight is 233 g/mol. The SMILES string of the molecule is C/C(Nc1ccccc1)=C(/C(=O)O)C(C)(C)C. The molecule has 0 saturated heterocycles. The largest absolute Gasteiger partial charge is 0.478 e. The van der Waals surface area contributed by atoms with E-state index >= 15 is 0 Å². The summed E-state index contributed by atoms with van der Waals surface area (Å²) in [7, 11) is 0. The standard InChI is InChI=1S/C14H19NO2/c1-10(12(13(16)17)14(2,3)4)15-11-8-6-5-7-9-11/h5-9,15H,1-4H3,(H,16,17)/b12-10+. The van der Waals surface area contributed by atoms with E-state index < -0.39 is 11.4 Å². The lowest BCUT2D eigenvalue weighted by Gasteiger charge is -2.22. The molecular weight excluding hydrogens is 214 g/mol. The molecule has 0 heterocycles. The second kappa shape index (κ2) is 5.04. The van der Waals surface area contributed by atoms with E-state index in [-0.39, 0.29) is 0 Å². The zero-order valence-electron chi connectivity index (χ0n) is 10.7. The number of para-hydroxylation sites is 1. The molecule has 0 bridgehead atoms. The Morgan fingerprint density at radius 1 is 1.18 bits per heavy atom. The van der Waals surface area contributed by atoms with Crippen LogP contribution in [0.1, 0.15) is 27.7 Å². The van der Waals surface area contributed by atoms with Gasteiger partial charge in [0, 0.05) is 11.4 Å². The van der Waals surface area contributed by atoms with Crippen LogP contribution in [0.15, 0.2) is 41.6 Å². The summed E-state index contributed by atoms with van der Waals surface area (Å²) in [5.74, 6) is -0.876. The Hall–Kier alpha value is -1.77. The highest BCUT2D eigenvalue weighted by molar-refractivity contribution is 5.89. The molecule has 92 valence electrons. The van der Waals surface area contributed by atoms with Crippen LogP contribution in [-0.2, 0) is 4.79 Å². The summed E-state index contributed by atoms with van der Waals surface area (Å²) in [6.45, 7) is 7.48. The summed E-state index contributed by atoms with van der Waals surface area (Å²) in [6, 6.07) is 9.56. The predicted molar refractivity (Wildman–Crippen MR) is 69.9 cm³/mol. The van der Waals surface area contributed by atoms with Crippen LogP contribution >= 0.6 is 0 Å². The third-order valence-electron chi connectivity index (χ3n) is 2.44. The van der Waals surface area contributed by atoms with Gasteiger partial charge in [0.15, 0.2) is 0 Å². The van der Waals surface area contributed by atoms with Crippen LogP contribution in [-0.4, -0.2) is 11.1 Å². The second-order valence-electron chi connectivity index (χ2n) is 5.05. The number of carboxylic acid groups (broad SMARTS) is 1. The Labute approximate surface area is 102 Å². The van der Waals surface area contributed by atoms with Crippen molar-refractivity contribution in [3.63, 3.8) is 0 Å². The van der Waals surface area contributed by atoms with Crippen LogP contribution in [0.25, 0.3) is 0 Å². The molecule has 0 unspecified atom stereocenters. The predicted octanol–water partition coefficient (Wildman–Crippen LogP) is 3.50. The molecule has 17 heavy (non-hydrogen) atoms. The maximum absolute atomic E-state index is 11.3. The monoisotopic (exact) mass is 233 g/mol. The number of allylic oxidation sites excluding steroid dienone is 1. The first kappa shape index (κ1) is 13.3. The molecule has 0 spiro atoms. The van der Waals surface area contributed by atoms with Gasteiger partial charge >= 0.3 is 5.97 Å². The van der Waals surface area contributed by atoms with Crippen molar-refractivity contribution in [1.82, 2.24) is 0 Å². The highest BCUT2D eigenvalue weighted by Crippen LogP contribution is 2.28. The number of nitrogens with one attached hydrogen (secondary N) is 1. The van der Waals surface area contributed by atoms with Crippen molar-refractivity contribution in [2.75, 3.05) is 5.32 Å². The van der Waals surface area contributed by atoms with Gasteiger partial charge in [0.05, 0.1) is 5.57 Å². The van der Waals surface area contributed by atoms with E-state index in [1.165, 1.54) is 0 Å². The van der Waals surface area contributed by atoms with E-state index in [0.717, 1.165) is 5.69 Å².